The first kappa shape index (κ1) is 15.0. The van der Waals surface area contributed by atoms with Crippen molar-refractivity contribution < 1.29 is 33.3 Å². The maximum Gasteiger partial charge on any atom is 0.259 e. The zero-order valence-corrected chi connectivity index (χ0v) is 13.2. The molecule has 0 saturated carbocycles. The van der Waals surface area contributed by atoms with E-state index in [0.717, 1.165) is 29.4 Å². The van der Waals surface area contributed by atoms with Crippen LogP contribution in [0, 0.1) is 0 Å². The monoisotopic (exact) mass is 375 g/mol. The minimum Gasteiger partial charge on any atom is -1.00 e. The Morgan fingerprint density at radius 3 is 3.00 bits per heavy atom. The summed E-state index contributed by atoms with van der Waals surface area (Å²) in [5, 5.41) is 0. The van der Waals surface area contributed by atoms with Gasteiger partial charge in [0, 0.05) is 6.07 Å². The molecular weight excluding hydrogens is 361 g/mol. The molecule has 2 aromatic heterocycles. The summed E-state index contributed by atoms with van der Waals surface area (Å²) in [5.41, 5.74) is 1.79. The van der Waals surface area contributed by atoms with Crippen LogP contribution in [0.2, 0.25) is 0 Å². The van der Waals surface area contributed by atoms with Crippen molar-refractivity contribution in [3.05, 3.63) is 36.9 Å². The second-order valence-electron chi connectivity index (χ2n) is 3.57. The average molecular weight is 375 g/mol. The third-order valence-electron chi connectivity index (χ3n) is 2.18. The van der Waals surface area contributed by atoms with Gasteiger partial charge in [-0.3, -0.25) is 0 Å². The van der Waals surface area contributed by atoms with Gasteiger partial charge in [-0.1, -0.05) is 6.92 Å². The molecule has 2 aromatic rings. The molecule has 6 heteroatoms. The molecule has 4 nitrogen and oxygen atoms in total. The van der Waals surface area contributed by atoms with E-state index in [2.05, 4.69) is 15.7 Å². The quantitative estimate of drug-likeness (QED) is 0.405. The van der Waals surface area contributed by atoms with E-state index in [9.17, 15) is 0 Å². The second kappa shape index (κ2) is 7.42. The summed E-state index contributed by atoms with van der Waals surface area (Å²) >= 11 is 1.16. The van der Waals surface area contributed by atoms with Crippen LogP contribution in [0.4, 0.5) is 0 Å². The highest BCUT2D eigenvalue weighted by Gasteiger charge is 2.13. The summed E-state index contributed by atoms with van der Waals surface area (Å²) in [6.07, 6.45) is 8.50. The highest BCUT2D eigenvalue weighted by atomic mass is 127. The van der Waals surface area contributed by atoms with E-state index < -0.39 is 0 Å². The van der Waals surface area contributed by atoms with E-state index in [4.69, 9.17) is 4.74 Å². The summed E-state index contributed by atoms with van der Waals surface area (Å²) in [7, 11) is 1.97. The van der Waals surface area contributed by atoms with Gasteiger partial charge in [-0.05, 0) is 18.6 Å². The Labute approximate surface area is 128 Å². The molecule has 0 atom stereocenters. The van der Waals surface area contributed by atoms with Gasteiger partial charge in [0.15, 0.2) is 18.1 Å². The minimum absolute atomic E-state index is 0. The fourth-order valence-electron chi connectivity index (χ4n) is 1.37. The summed E-state index contributed by atoms with van der Waals surface area (Å²) in [4.78, 5) is 0. The molecule has 0 spiro atoms. The molecule has 0 N–H and O–H groups in total. The maximum absolute atomic E-state index is 5.46. The lowest BCUT2D eigenvalue weighted by Crippen LogP contribution is -3.00. The fraction of sp³-hybridized carbons (Fsp3) is 0.250. The van der Waals surface area contributed by atoms with E-state index in [0.29, 0.717) is 5.88 Å². The zero-order valence-electron chi connectivity index (χ0n) is 10.2. The number of allylic oxidation sites excluding steroid dienone is 1. The minimum atomic E-state index is 0. The third kappa shape index (κ3) is 3.74. The van der Waals surface area contributed by atoms with Crippen molar-refractivity contribution in [1.82, 2.24) is 8.75 Å². The molecule has 0 bridgehead atoms. The number of aryl methyl sites for hydroxylation is 1. The first-order valence-electron chi connectivity index (χ1n) is 5.41. The summed E-state index contributed by atoms with van der Waals surface area (Å²) in [5.74, 6) is 0.561. The number of rotatable bonds is 4. The van der Waals surface area contributed by atoms with Crippen molar-refractivity contribution in [3.63, 3.8) is 0 Å². The molecule has 0 aliphatic rings. The van der Waals surface area contributed by atoms with Crippen molar-refractivity contribution in [2.45, 2.75) is 13.3 Å². The van der Waals surface area contributed by atoms with Gasteiger partial charge < -0.3 is 28.7 Å². The Morgan fingerprint density at radius 2 is 2.28 bits per heavy atom. The van der Waals surface area contributed by atoms with Crippen LogP contribution in [0.15, 0.2) is 36.9 Å². The topological polar surface area (TPSA) is 38.9 Å². The van der Waals surface area contributed by atoms with Crippen LogP contribution in [0.5, 0.6) is 5.88 Å². The number of pyridine rings is 1. The normalized spacial score (nSPS) is 10.3. The fourth-order valence-corrected chi connectivity index (χ4v) is 1.88. The van der Waals surface area contributed by atoms with Crippen molar-refractivity contribution in [2.24, 2.45) is 7.05 Å². The van der Waals surface area contributed by atoms with E-state index in [1.807, 2.05) is 42.2 Å². The number of nitrogens with zero attached hydrogens (tertiary/aromatic N) is 3. The van der Waals surface area contributed by atoms with Crippen LogP contribution >= 0.6 is 11.7 Å². The lowest BCUT2D eigenvalue weighted by Gasteiger charge is -1.98. The number of hydrogen-bond acceptors (Lipinski definition) is 4. The molecule has 2 rings (SSSR count). The number of halogens is 1. The van der Waals surface area contributed by atoms with Crippen molar-refractivity contribution in [1.29, 1.82) is 0 Å². The van der Waals surface area contributed by atoms with Gasteiger partial charge in [0.05, 0.1) is 23.6 Å². The predicted molar refractivity (Wildman–Crippen MR) is 66.6 cm³/mol. The summed E-state index contributed by atoms with van der Waals surface area (Å²) in [6.45, 7) is 2.05. The third-order valence-corrected chi connectivity index (χ3v) is 2.69. The number of ether oxygens (including phenoxy) is 1. The van der Waals surface area contributed by atoms with E-state index in [1.165, 1.54) is 0 Å². The average Bonchev–Trinajstić information content (AvgIpc) is 2.78. The molecule has 2 heterocycles. The Morgan fingerprint density at radius 1 is 1.44 bits per heavy atom. The smallest absolute Gasteiger partial charge is 0.259 e. The van der Waals surface area contributed by atoms with Crippen LogP contribution < -0.4 is 33.3 Å². The van der Waals surface area contributed by atoms with Crippen LogP contribution in [0.25, 0.3) is 11.3 Å². The van der Waals surface area contributed by atoms with Gasteiger partial charge >= 0.3 is 0 Å². The first-order valence-corrected chi connectivity index (χ1v) is 6.14. The van der Waals surface area contributed by atoms with Crippen molar-refractivity contribution in [3.8, 4) is 17.1 Å². The number of aromatic nitrogens is 3. The van der Waals surface area contributed by atoms with Crippen LogP contribution in [-0.2, 0) is 7.05 Å². The van der Waals surface area contributed by atoms with Gasteiger partial charge in [0.25, 0.3) is 5.88 Å². The highest BCUT2D eigenvalue weighted by molar-refractivity contribution is 6.99. The van der Waals surface area contributed by atoms with Gasteiger partial charge in [-0.15, -0.1) is 4.37 Å². The molecule has 0 unspecified atom stereocenters. The predicted octanol–water partition coefficient (Wildman–Crippen LogP) is -0.664. The van der Waals surface area contributed by atoms with Gasteiger partial charge in [0.1, 0.15) is 7.05 Å². The highest BCUT2D eigenvalue weighted by Crippen LogP contribution is 2.26. The van der Waals surface area contributed by atoms with E-state index in [1.54, 1.807) is 6.26 Å². The van der Waals surface area contributed by atoms with E-state index >= 15 is 0 Å². The lowest BCUT2D eigenvalue weighted by molar-refractivity contribution is -0.671. The molecule has 18 heavy (non-hydrogen) atoms. The SMILES string of the molecule is CCC=COc1nsnc1-c1ccc[n+](C)c1.[I-]. The van der Waals surface area contributed by atoms with Crippen LogP contribution in [-0.4, -0.2) is 8.75 Å². The van der Waals surface area contributed by atoms with Gasteiger partial charge in [-0.2, -0.15) is 4.37 Å². The lowest BCUT2D eigenvalue weighted by atomic mass is 10.2. The Bertz CT molecular complexity index is 528. The standard InChI is InChI=1S/C12H14N3OS.HI/c1-3-4-8-16-12-11(13-17-14-12)10-6-5-7-15(2)9-10;/h4-9H,3H2,1-2H3;1H/q+1;/p-1. The first-order chi connectivity index (χ1) is 8.31. The zero-order chi connectivity index (χ0) is 12.1. The molecule has 0 aliphatic heterocycles. The Hall–Kier alpha value is -1.02. The van der Waals surface area contributed by atoms with Crippen LogP contribution in [0.3, 0.4) is 0 Å². The molecule has 0 fully saturated rings. The molecule has 0 radical (unpaired) electrons. The second-order valence-corrected chi connectivity index (χ2v) is 4.10. The Kier molecular flexibility index (Phi) is 6.20. The van der Waals surface area contributed by atoms with Crippen molar-refractivity contribution in [2.75, 3.05) is 0 Å². The van der Waals surface area contributed by atoms with Crippen LogP contribution in [0.1, 0.15) is 13.3 Å². The summed E-state index contributed by atoms with van der Waals surface area (Å²) < 4.78 is 15.8. The van der Waals surface area contributed by atoms with Gasteiger partial charge in [-0.25, -0.2) is 4.57 Å². The number of hydrogen-bond donors (Lipinski definition) is 0. The van der Waals surface area contributed by atoms with E-state index in [-0.39, 0.29) is 24.0 Å². The molecule has 96 valence electrons. The molecule has 0 aliphatic carbocycles. The molecule has 0 saturated heterocycles. The Balaban J connectivity index is 0.00000162. The molecular formula is C12H14IN3OS. The molecule has 0 aromatic carbocycles. The van der Waals surface area contributed by atoms with Gasteiger partial charge in [0.2, 0.25) is 0 Å². The molecule has 0 amide bonds. The largest absolute Gasteiger partial charge is 1.00 e. The summed E-state index contributed by atoms with van der Waals surface area (Å²) in [6, 6.07) is 3.97. The maximum atomic E-state index is 5.46. The van der Waals surface area contributed by atoms with Crippen molar-refractivity contribution >= 4 is 11.7 Å².